The lowest BCUT2D eigenvalue weighted by molar-refractivity contribution is 0.340. The highest BCUT2D eigenvalue weighted by molar-refractivity contribution is 5.91. The van der Waals surface area contributed by atoms with E-state index in [9.17, 15) is 10.2 Å². The Labute approximate surface area is 130 Å². The third-order valence-electron chi connectivity index (χ3n) is 3.56. The quantitative estimate of drug-likeness (QED) is 0.805. The van der Waals surface area contributed by atoms with Crippen LogP contribution in [0, 0.1) is 0 Å². The first-order valence-corrected chi connectivity index (χ1v) is 6.96. The van der Waals surface area contributed by atoms with E-state index in [0.717, 1.165) is 22.6 Å². The van der Waals surface area contributed by atoms with Gasteiger partial charge in [0.15, 0.2) is 0 Å². The lowest BCUT2D eigenvalue weighted by atomic mass is 9.95. The normalized spacial score (nSPS) is 11.8. The first kappa shape index (κ1) is 16.1. The molecule has 0 aromatic heterocycles. The largest absolute Gasteiger partial charge is 0.497 e. The second-order valence-electron chi connectivity index (χ2n) is 4.73. The van der Waals surface area contributed by atoms with Crippen molar-refractivity contribution in [2.24, 2.45) is 0 Å². The zero-order valence-corrected chi connectivity index (χ0v) is 12.7. The Morgan fingerprint density at radius 2 is 1.00 bits per heavy atom. The molecule has 0 aliphatic rings. The highest BCUT2D eigenvalue weighted by atomic mass is 16.5. The van der Waals surface area contributed by atoms with Gasteiger partial charge >= 0.3 is 0 Å². The molecule has 2 aromatic carbocycles. The molecule has 0 aliphatic heterocycles. The Bertz CT molecular complexity index is 570. The van der Waals surface area contributed by atoms with Gasteiger partial charge in [0.05, 0.1) is 27.4 Å². The number of aliphatic hydroxyl groups excluding tert-OH is 2. The summed E-state index contributed by atoms with van der Waals surface area (Å²) in [6, 6.07) is 14.8. The van der Waals surface area contributed by atoms with Crippen molar-refractivity contribution in [2.75, 3.05) is 27.4 Å². The fourth-order valence-electron chi connectivity index (χ4n) is 2.31. The number of rotatable bonds is 6. The van der Waals surface area contributed by atoms with Crippen LogP contribution < -0.4 is 9.47 Å². The Hall–Kier alpha value is -2.30. The van der Waals surface area contributed by atoms with Crippen molar-refractivity contribution in [3.63, 3.8) is 0 Å². The summed E-state index contributed by atoms with van der Waals surface area (Å²) in [5.41, 5.74) is 3.08. The van der Waals surface area contributed by atoms with Gasteiger partial charge in [-0.1, -0.05) is 24.3 Å². The summed E-state index contributed by atoms with van der Waals surface area (Å²) in [4.78, 5) is 0. The van der Waals surface area contributed by atoms with Gasteiger partial charge in [-0.05, 0) is 46.5 Å². The molecule has 2 aromatic rings. The zero-order valence-electron chi connectivity index (χ0n) is 12.7. The lowest BCUT2D eigenvalue weighted by Crippen LogP contribution is -2.01. The maximum absolute atomic E-state index is 9.74. The minimum atomic E-state index is -0.158. The maximum Gasteiger partial charge on any atom is 0.118 e. The van der Waals surface area contributed by atoms with Crippen LogP contribution in [0.3, 0.4) is 0 Å². The summed E-state index contributed by atoms with van der Waals surface area (Å²) in [5, 5.41) is 19.5. The van der Waals surface area contributed by atoms with Crippen LogP contribution in [0.1, 0.15) is 11.1 Å². The number of aliphatic hydroxyl groups is 2. The SMILES string of the molecule is COc1ccc(/C(CO)=C(/CO)c2ccc(OC)cc2)cc1. The van der Waals surface area contributed by atoms with E-state index in [1.54, 1.807) is 14.2 Å². The standard InChI is InChI=1S/C18H20O4/c1-21-15-7-3-13(4-8-15)17(11-19)18(12-20)14-5-9-16(22-2)10-6-14/h3-10,19-20H,11-12H2,1-2H3/b18-17-. The van der Waals surface area contributed by atoms with Crippen LogP contribution in [-0.2, 0) is 0 Å². The van der Waals surface area contributed by atoms with Gasteiger partial charge in [-0.3, -0.25) is 0 Å². The van der Waals surface area contributed by atoms with E-state index in [1.165, 1.54) is 0 Å². The van der Waals surface area contributed by atoms with Crippen molar-refractivity contribution in [3.05, 3.63) is 59.7 Å². The Morgan fingerprint density at radius 3 is 1.23 bits per heavy atom. The van der Waals surface area contributed by atoms with Crippen LogP contribution >= 0.6 is 0 Å². The lowest BCUT2D eigenvalue weighted by Gasteiger charge is -2.14. The molecular weight excluding hydrogens is 280 g/mol. The van der Waals surface area contributed by atoms with Crippen molar-refractivity contribution >= 4 is 11.1 Å². The number of methoxy groups -OCH3 is 2. The average Bonchev–Trinajstić information content (AvgIpc) is 2.60. The van der Waals surface area contributed by atoms with Crippen LogP contribution in [-0.4, -0.2) is 37.6 Å². The average molecular weight is 300 g/mol. The van der Waals surface area contributed by atoms with Gasteiger partial charge in [0.1, 0.15) is 11.5 Å². The molecule has 0 bridgehead atoms. The summed E-state index contributed by atoms with van der Waals surface area (Å²) in [6.07, 6.45) is 0. The van der Waals surface area contributed by atoms with Crippen molar-refractivity contribution in [1.82, 2.24) is 0 Å². The molecule has 0 amide bonds. The van der Waals surface area contributed by atoms with E-state index < -0.39 is 0 Å². The molecule has 0 aliphatic carbocycles. The highest BCUT2D eigenvalue weighted by Crippen LogP contribution is 2.28. The number of hydrogen-bond donors (Lipinski definition) is 2. The molecule has 22 heavy (non-hydrogen) atoms. The molecule has 4 nitrogen and oxygen atoms in total. The van der Waals surface area contributed by atoms with Crippen LogP contribution in [0.5, 0.6) is 11.5 Å². The van der Waals surface area contributed by atoms with Crippen molar-refractivity contribution < 1.29 is 19.7 Å². The zero-order chi connectivity index (χ0) is 15.9. The van der Waals surface area contributed by atoms with Gasteiger partial charge in [0.2, 0.25) is 0 Å². The highest BCUT2D eigenvalue weighted by Gasteiger charge is 2.11. The molecule has 116 valence electrons. The van der Waals surface area contributed by atoms with E-state index in [4.69, 9.17) is 9.47 Å². The molecule has 0 unspecified atom stereocenters. The minimum absolute atomic E-state index is 0.158. The van der Waals surface area contributed by atoms with Gasteiger partial charge in [0, 0.05) is 0 Å². The molecule has 0 fully saturated rings. The Morgan fingerprint density at radius 1 is 0.682 bits per heavy atom. The first-order valence-electron chi connectivity index (χ1n) is 6.96. The molecule has 0 heterocycles. The predicted molar refractivity (Wildman–Crippen MR) is 87.0 cm³/mol. The maximum atomic E-state index is 9.74. The molecular formula is C18H20O4. The van der Waals surface area contributed by atoms with Crippen molar-refractivity contribution in [3.8, 4) is 11.5 Å². The molecule has 2 rings (SSSR count). The van der Waals surface area contributed by atoms with Gasteiger partial charge in [-0.2, -0.15) is 0 Å². The summed E-state index contributed by atoms with van der Waals surface area (Å²) in [6.45, 7) is -0.317. The summed E-state index contributed by atoms with van der Waals surface area (Å²) >= 11 is 0. The van der Waals surface area contributed by atoms with Gasteiger partial charge in [-0.25, -0.2) is 0 Å². The van der Waals surface area contributed by atoms with E-state index in [1.807, 2.05) is 48.5 Å². The fourth-order valence-corrected chi connectivity index (χ4v) is 2.31. The third kappa shape index (κ3) is 3.47. The second kappa shape index (κ2) is 7.64. The summed E-state index contributed by atoms with van der Waals surface area (Å²) in [5.74, 6) is 1.49. The topological polar surface area (TPSA) is 58.9 Å². The molecule has 0 radical (unpaired) electrons. The van der Waals surface area contributed by atoms with Gasteiger partial charge in [-0.15, -0.1) is 0 Å². The molecule has 0 spiro atoms. The Balaban J connectivity index is 2.46. The van der Waals surface area contributed by atoms with Gasteiger partial charge in [0.25, 0.3) is 0 Å². The first-order chi connectivity index (χ1) is 10.7. The molecule has 0 saturated carbocycles. The number of ether oxygens (including phenoxy) is 2. The van der Waals surface area contributed by atoms with Crippen LogP contribution in [0.15, 0.2) is 48.5 Å². The van der Waals surface area contributed by atoms with E-state index in [0.29, 0.717) is 11.1 Å². The molecule has 4 heteroatoms. The molecule has 2 N–H and O–H groups in total. The van der Waals surface area contributed by atoms with E-state index in [-0.39, 0.29) is 13.2 Å². The second-order valence-corrected chi connectivity index (χ2v) is 4.73. The van der Waals surface area contributed by atoms with E-state index in [2.05, 4.69) is 0 Å². The smallest absolute Gasteiger partial charge is 0.118 e. The van der Waals surface area contributed by atoms with Gasteiger partial charge < -0.3 is 19.7 Å². The van der Waals surface area contributed by atoms with Crippen molar-refractivity contribution in [2.45, 2.75) is 0 Å². The third-order valence-corrected chi connectivity index (χ3v) is 3.56. The predicted octanol–water partition coefficient (Wildman–Crippen LogP) is 2.60. The van der Waals surface area contributed by atoms with E-state index >= 15 is 0 Å². The van der Waals surface area contributed by atoms with Crippen LogP contribution in [0.25, 0.3) is 11.1 Å². The summed E-state index contributed by atoms with van der Waals surface area (Å²) < 4.78 is 10.3. The molecule has 0 atom stereocenters. The monoisotopic (exact) mass is 300 g/mol. The number of hydrogen-bond acceptors (Lipinski definition) is 4. The van der Waals surface area contributed by atoms with Crippen LogP contribution in [0.4, 0.5) is 0 Å². The molecule has 0 saturated heterocycles. The van der Waals surface area contributed by atoms with Crippen LogP contribution in [0.2, 0.25) is 0 Å². The fraction of sp³-hybridized carbons (Fsp3) is 0.222. The Kier molecular flexibility index (Phi) is 5.58. The minimum Gasteiger partial charge on any atom is -0.497 e. The van der Waals surface area contributed by atoms with Crippen molar-refractivity contribution in [1.29, 1.82) is 0 Å². The number of benzene rings is 2. The summed E-state index contributed by atoms with van der Waals surface area (Å²) in [7, 11) is 3.21.